The Labute approximate surface area is 115 Å². The average molecular weight is 270 g/mol. The van der Waals surface area contributed by atoms with Crippen molar-refractivity contribution in [2.24, 2.45) is 0 Å². The van der Waals surface area contributed by atoms with Crippen LogP contribution in [-0.4, -0.2) is 40.6 Å². The van der Waals surface area contributed by atoms with E-state index in [4.69, 9.17) is 0 Å². The van der Waals surface area contributed by atoms with Crippen LogP contribution in [0.5, 0.6) is 0 Å². The molecule has 0 aromatic carbocycles. The van der Waals surface area contributed by atoms with Gasteiger partial charge in [-0.15, -0.1) is 0 Å². The van der Waals surface area contributed by atoms with Crippen LogP contribution in [0.15, 0.2) is 0 Å². The number of aliphatic carboxylic acids is 1. The number of carboxylic acid groups (broad SMARTS) is 1. The molecule has 19 heavy (non-hydrogen) atoms. The molecule has 1 fully saturated rings. The topological polar surface area (TPSA) is 69.6 Å². The van der Waals surface area contributed by atoms with Crippen molar-refractivity contribution in [1.29, 1.82) is 0 Å². The Morgan fingerprint density at radius 3 is 2.00 bits per heavy atom. The molecule has 110 valence electrons. The van der Waals surface area contributed by atoms with Crippen molar-refractivity contribution in [2.45, 2.75) is 64.3 Å². The zero-order valence-electron chi connectivity index (χ0n) is 12.1. The van der Waals surface area contributed by atoms with Crippen LogP contribution in [-0.2, 0) is 4.79 Å². The summed E-state index contributed by atoms with van der Waals surface area (Å²) in [5.41, 5.74) is -1.01. The minimum atomic E-state index is -1.01. The third-order valence-corrected chi connectivity index (χ3v) is 3.81. The monoisotopic (exact) mass is 270 g/mol. The molecule has 0 unspecified atom stereocenters. The van der Waals surface area contributed by atoms with Gasteiger partial charge in [-0.2, -0.15) is 0 Å². The molecule has 0 aromatic heterocycles. The average Bonchev–Trinajstić information content (AvgIpc) is 2.33. The highest BCUT2D eigenvalue weighted by Crippen LogP contribution is 2.32. The van der Waals surface area contributed by atoms with Crippen molar-refractivity contribution in [3.05, 3.63) is 0 Å². The first-order chi connectivity index (χ1) is 9.05. The van der Waals surface area contributed by atoms with Crippen molar-refractivity contribution in [2.75, 3.05) is 13.1 Å². The highest BCUT2D eigenvalue weighted by atomic mass is 16.4. The lowest BCUT2D eigenvalue weighted by molar-refractivity contribution is -0.148. The molecule has 0 heterocycles. The third kappa shape index (κ3) is 4.11. The Hall–Kier alpha value is -1.26. The van der Waals surface area contributed by atoms with Gasteiger partial charge in [0.1, 0.15) is 5.54 Å². The lowest BCUT2D eigenvalue weighted by atomic mass is 9.77. The number of carbonyl (C=O) groups is 2. The number of hydrogen-bond donors (Lipinski definition) is 2. The van der Waals surface area contributed by atoms with Crippen molar-refractivity contribution < 1.29 is 14.7 Å². The van der Waals surface area contributed by atoms with Crippen LogP contribution in [0, 0.1) is 0 Å². The maximum Gasteiger partial charge on any atom is 0.329 e. The van der Waals surface area contributed by atoms with Crippen LogP contribution >= 0.6 is 0 Å². The summed E-state index contributed by atoms with van der Waals surface area (Å²) in [6.45, 7) is 5.58. The van der Waals surface area contributed by atoms with Gasteiger partial charge < -0.3 is 15.3 Å². The van der Waals surface area contributed by atoms with E-state index in [9.17, 15) is 14.7 Å². The summed E-state index contributed by atoms with van der Waals surface area (Å²) < 4.78 is 0. The number of carboxylic acids is 1. The van der Waals surface area contributed by atoms with Crippen LogP contribution in [0.1, 0.15) is 58.8 Å². The maximum atomic E-state index is 12.2. The summed E-state index contributed by atoms with van der Waals surface area (Å²) in [7, 11) is 0. The highest BCUT2D eigenvalue weighted by Gasteiger charge is 2.46. The molecule has 1 aliphatic rings. The minimum absolute atomic E-state index is 0.219. The lowest BCUT2D eigenvalue weighted by Crippen LogP contribution is -2.61. The number of nitrogens with one attached hydrogen (secondary N) is 1. The number of urea groups is 1. The molecule has 1 aliphatic carbocycles. The van der Waals surface area contributed by atoms with Gasteiger partial charge >= 0.3 is 12.0 Å². The van der Waals surface area contributed by atoms with Crippen LogP contribution in [0.25, 0.3) is 0 Å². The van der Waals surface area contributed by atoms with Gasteiger partial charge in [-0.1, -0.05) is 26.7 Å². The molecule has 5 nitrogen and oxygen atoms in total. The highest BCUT2D eigenvalue weighted by molar-refractivity contribution is 5.87. The number of unbranched alkanes of at least 4 members (excludes halogenated alkanes) is 2. The van der Waals surface area contributed by atoms with Crippen LogP contribution in [0.3, 0.4) is 0 Å². The minimum Gasteiger partial charge on any atom is -0.480 e. The predicted molar refractivity (Wildman–Crippen MR) is 74.1 cm³/mol. The Kier molecular flexibility index (Phi) is 6.12. The molecule has 0 aliphatic heterocycles. The smallest absolute Gasteiger partial charge is 0.329 e. The van der Waals surface area contributed by atoms with Gasteiger partial charge in [-0.05, 0) is 32.1 Å². The molecule has 0 atom stereocenters. The fourth-order valence-electron chi connectivity index (χ4n) is 2.22. The SMILES string of the molecule is CCCCN(CCCC)C(=O)NC1(C(=O)O)CCC1. The van der Waals surface area contributed by atoms with E-state index in [2.05, 4.69) is 19.2 Å². The molecule has 2 N–H and O–H groups in total. The first-order valence-corrected chi connectivity index (χ1v) is 7.36. The number of amides is 2. The largest absolute Gasteiger partial charge is 0.480 e. The Morgan fingerprint density at radius 2 is 1.68 bits per heavy atom. The molecule has 5 heteroatoms. The normalized spacial score (nSPS) is 16.5. The fourth-order valence-corrected chi connectivity index (χ4v) is 2.22. The molecule has 1 saturated carbocycles. The standard InChI is InChI=1S/C14H26N2O3/c1-3-5-10-16(11-6-4-2)13(19)15-14(12(17)18)8-7-9-14/h3-11H2,1-2H3,(H,15,19)(H,17,18). The van der Waals surface area contributed by atoms with Gasteiger partial charge in [-0.25, -0.2) is 9.59 Å². The van der Waals surface area contributed by atoms with E-state index in [0.29, 0.717) is 25.9 Å². The molecule has 0 spiro atoms. The van der Waals surface area contributed by atoms with Gasteiger partial charge in [0, 0.05) is 13.1 Å². The predicted octanol–water partition coefficient (Wildman–Crippen LogP) is 2.61. The first-order valence-electron chi connectivity index (χ1n) is 7.36. The number of rotatable bonds is 8. The summed E-state index contributed by atoms with van der Waals surface area (Å²) in [6.07, 6.45) is 5.93. The second kappa shape index (κ2) is 7.36. The summed E-state index contributed by atoms with van der Waals surface area (Å²) in [5, 5.41) is 12.0. The molecule has 2 amide bonds. The van der Waals surface area contributed by atoms with Crippen molar-refractivity contribution in [3.63, 3.8) is 0 Å². The van der Waals surface area contributed by atoms with Gasteiger partial charge in [0.2, 0.25) is 0 Å². The van der Waals surface area contributed by atoms with E-state index in [1.54, 1.807) is 4.90 Å². The summed E-state index contributed by atoms with van der Waals surface area (Å²) in [4.78, 5) is 25.2. The molecule has 1 rings (SSSR count). The summed E-state index contributed by atoms with van der Waals surface area (Å²) in [6, 6.07) is -0.219. The maximum absolute atomic E-state index is 12.2. The molecular formula is C14H26N2O3. The van der Waals surface area contributed by atoms with E-state index in [0.717, 1.165) is 32.1 Å². The van der Waals surface area contributed by atoms with E-state index in [1.165, 1.54) is 0 Å². The summed E-state index contributed by atoms with van der Waals surface area (Å²) in [5.74, 6) is -0.905. The molecule has 0 radical (unpaired) electrons. The first kappa shape index (κ1) is 15.8. The second-order valence-corrected chi connectivity index (χ2v) is 5.37. The van der Waals surface area contributed by atoms with Crippen LogP contribution in [0.4, 0.5) is 4.79 Å². The lowest BCUT2D eigenvalue weighted by Gasteiger charge is -2.39. The van der Waals surface area contributed by atoms with Crippen LogP contribution in [0.2, 0.25) is 0 Å². The Balaban J connectivity index is 2.57. The van der Waals surface area contributed by atoms with Crippen molar-refractivity contribution in [1.82, 2.24) is 10.2 Å². The van der Waals surface area contributed by atoms with Crippen molar-refractivity contribution >= 4 is 12.0 Å². The van der Waals surface area contributed by atoms with E-state index < -0.39 is 11.5 Å². The molecular weight excluding hydrogens is 244 g/mol. The van der Waals surface area contributed by atoms with Gasteiger partial charge in [0.15, 0.2) is 0 Å². The molecule has 0 bridgehead atoms. The van der Waals surface area contributed by atoms with Gasteiger partial charge in [0.25, 0.3) is 0 Å². The fraction of sp³-hybridized carbons (Fsp3) is 0.857. The number of hydrogen-bond acceptors (Lipinski definition) is 2. The third-order valence-electron chi connectivity index (χ3n) is 3.81. The van der Waals surface area contributed by atoms with E-state index >= 15 is 0 Å². The molecule has 0 saturated heterocycles. The van der Waals surface area contributed by atoms with Crippen molar-refractivity contribution in [3.8, 4) is 0 Å². The van der Waals surface area contributed by atoms with Gasteiger partial charge in [-0.3, -0.25) is 0 Å². The number of nitrogens with zero attached hydrogens (tertiary/aromatic N) is 1. The van der Waals surface area contributed by atoms with E-state index in [1.807, 2.05) is 0 Å². The zero-order chi connectivity index (χ0) is 14.3. The Morgan fingerprint density at radius 1 is 1.16 bits per heavy atom. The number of carbonyl (C=O) groups excluding carboxylic acids is 1. The van der Waals surface area contributed by atoms with Crippen LogP contribution < -0.4 is 5.32 Å². The van der Waals surface area contributed by atoms with Gasteiger partial charge in [0.05, 0.1) is 0 Å². The molecule has 0 aromatic rings. The quantitative estimate of drug-likeness (QED) is 0.712. The Bertz CT molecular complexity index is 306. The second-order valence-electron chi connectivity index (χ2n) is 5.37. The zero-order valence-corrected chi connectivity index (χ0v) is 12.1. The van der Waals surface area contributed by atoms with E-state index in [-0.39, 0.29) is 6.03 Å². The summed E-state index contributed by atoms with van der Waals surface area (Å²) >= 11 is 0.